The number of carbonyl (C=O) groups is 2. The number of thioether (sulfide) groups is 1. The van der Waals surface area contributed by atoms with Crippen molar-refractivity contribution in [2.75, 3.05) is 10.7 Å². The van der Waals surface area contributed by atoms with Crippen molar-refractivity contribution in [3.8, 4) is 0 Å². The van der Waals surface area contributed by atoms with Gasteiger partial charge >= 0.3 is 0 Å². The van der Waals surface area contributed by atoms with Gasteiger partial charge in [-0.25, -0.2) is 4.90 Å². The van der Waals surface area contributed by atoms with Crippen LogP contribution >= 0.6 is 11.8 Å². The molecule has 0 N–H and O–H groups in total. The molecule has 158 valence electrons. The summed E-state index contributed by atoms with van der Waals surface area (Å²) in [7, 11) is 6.34. The van der Waals surface area contributed by atoms with E-state index in [0.29, 0.717) is 12.1 Å². The molecule has 1 aliphatic rings. The van der Waals surface area contributed by atoms with Gasteiger partial charge in [-0.1, -0.05) is 84.2 Å². The van der Waals surface area contributed by atoms with E-state index >= 15 is 0 Å². The highest BCUT2D eigenvalue weighted by Gasteiger charge is 2.40. The summed E-state index contributed by atoms with van der Waals surface area (Å²) < 4.78 is 0. The summed E-state index contributed by atoms with van der Waals surface area (Å²) in [6, 6.07) is 7.72. The molecule has 5 heteroatoms. The Labute approximate surface area is 182 Å². The first-order valence-electron chi connectivity index (χ1n) is 11.0. The van der Waals surface area contributed by atoms with Crippen molar-refractivity contribution in [1.29, 1.82) is 0 Å². The van der Waals surface area contributed by atoms with Crippen LogP contribution < -0.4 is 4.90 Å². The van der Waals surface area contributed by atoms with Gasteiger partial charge in [-0.2, -0.15) is 0 Å². The number of hydrogen-bond donors (Lipinski definition) is 0. The molecule has 1 saturated heterocycles. The van der Waals surface area contributed by atoms with E-state index in [2.05, 4.69) is 20.8 Å². The topological polar surface area (TPSA) is 37.4 Å². The fraction of sp³-hybridized carbons (Fsp3) is 0.667. The van der Waals surface area contributed by atoms with Crippen LogP contribution in [0, 0.1) is 0 Å². The van der Waals surface area contributed by atoms with E-state index in [4.69, 9.17) is 7.85 Å². The zero-order chi connectivity index (χ0) is 21.7. The van der Waals surface area contributed by atoms with Crippen molar-refractivity contribution in [1.82, 2.24) is 0 Å². The van der Waals surface area contributed by atoms with Gasteiger partial charge in [0.05, 0.1) is 18.8 Å². The Kier molecular flexibility index (Phi) is 8.45. The molecule has 2 radical (unpaired) electrons. The first kappa shape index (κ1) is 24.0. The van der Waals surface area contributed by atoms with Crippen molar-refractivity contribution in [2.45, 2.75) is 95.5 Å². The van der Waals surface area contributed by atoms with Crippen LogP contribution in [0.25, 0.3) is 0 Å². The van der Waals surface area contributed by atoms with Crippen molar-refractivity contribution >= 4 is 37.1 Å². The van der Waals surface area contributed by atoms with E-state index in [1.807, 2.05) is 38.1 Å². The molecule has 0 aliphatic carbocycles. The minimum Gasteiger partial charge on any atom is -0.274 e. The summed E-state index contributed by atoms with van der Waals surface area (Å²) in [6.45, 7) is 10.5. The van der Waals surface area contributed by atoms with E-state index in [9.17, 15) is 9.59 Å². The first-order valence-corrected chi connectivity index (χ1v) is 12.0. The zero-order valence-corrected chi connectivity index (χ0v) is 19.6. The smallest absolute Gasteiger partial charge is 0.247 e. The Hall–Kier alpha value is -1.23. The molecule has 2 amide bonds. The van der Waals surface area contributed by atoms with Gasteiger partial charge in [0.1, 0.15) is 0 Å². The second kappa shape index (κ2) is 10.2. The summed E-state index contributed by atoms with van der Waals surface area (Å²) in [5.41, 5.74) is 1.54. The molecule has 3 nitrogen and oxygen atoms in total. The number of anilines is 1. The lowest BCUT2D eigenvalue weighted by atomic mass is 9.54. The van der Waals surface area contributed by atoms with Crippen LogP contribution in [0.2, 0.25) is 5.31 Å². The van der Waals surface area contributed by atoms with E-state index in [1.54, 1.807) is 11.8 Å². The van der Waals surface area contributed by atoms with Crippen molar-refractivity contribution in [3.05, 3.63) is 29.8 Å². The molecule has 1 unspecified atom stereocenters. The highest BCUT2D eigenvalue weighted by Crippen LogP contribution is 2.44. The van der Waals surface area contributed by atoms with Crippen molar-refractivity contribution in [3.63, 3.8) is 0 Å². The quantitative estimate of drug-likeness (QED) is 0.252. The number of rotatable bonds is 11. The Morgan fingerprint density at radius 3 is 2.17 bits per heavy atom. The van der Waals surface area contributed by atoms with Crippen LogP contribution in [0.5, 0.6) is 0 Å². The third-order valence-electron chi connectivity index (χ3n) is 6.38. The van der Waals surface area contributed by atoms with Crippen molar-refractivity contribution in [2.24, 2.45) is 0 Å². The highest BCUT2D eigenvalue weighted by molar-refractivity contribution is 8.00. The fourth-order valence-corrected chi connectivity index (χ4v) is 4.68. The Balaban J connectivity index is 1.94. The van der Waals surface area contributed by atoms with E-state index in [1.165, 1.54) is 37.0 Å². The SMILES string of the molecule is [B]C(C)(C)C(C)(C)c1ccc(N2C(=O)CC(SCCCCCCCC)C2=O)cc1. The lowest BCUT2D eigenvalue weighted by Crippen LogP contribution is -2.32. The average Bonchev–Trinajstić information content (AvgIpc) is 2.93. The van der Waals surface area contributed by atoms with Crippen LogP contribution in [-0.4, -0.2) is 30.7 Å². The first-order chi connectivity index (χ1) is 13.6. The normalized spacial score (nSPS) is 18.0. The van der Waals surface area contributed by atoms with Gasteiger partial charge in [0.15, 0.2) is 0 Å². The number of benzene rings is 1. The maximum atomic E-state index is 12.8. The second-order valence-corrected chi connectivity index (χ2v) is 10.6. The third kappa shape index (κ3) is 5.90. The molecule has 1 atom stereocenters. The number of amides is 2. The molecule has 1 fully saturated rings. The van der Waals surface area contributed by atoms with Crippen LogP contribution in [0.4, 0.5) is 5.69 Å². The fourth-order valence-electron chi connectivity index (χ4n) is 3.51. The molecule has 0 spiro atoms. The van der Waals surface area contributed by atoms with Gasteiger partial charge in [-0.3, -0.25) is 9.59 Å². The number of imide groups is 1. The monoisotopic (exact) mass is 413 g/mol. The Morgan fingerprint density at radius 2 is 1.59 bits per heavy atom. The van der Waals surface area contributed by atoms with Gasteiger partial charge in [0, 0.05) is 6.42 Å². The molecule has 1 heterocycles. The molecule has 2 rings (SSSR count). The molecule has 0 bridgehead atoms. The van der Waals surface area contributed by atoms with Crippen LogP contribution in [0.3, 0.4) is 0 Å². The van der Waals surface area contributed by atoms with Crippen LogP contribution in [-0.2, 0) is 15.0 Å². The number of carbonyl (C=O) groups excluding carboxylic acids is 2. The van der Waals surface area contributed by atoms with Gasteiger partial charge < -0.3 is 0 Å². The molecule has 29 heavy (non-hydrogen) atoms. The number of unbranched alkanes of at least 4 members (excludes halogenated alkanes) is 5. The maximum Gasteiger partial charge on any atom is 0.247 e. The second-order valence-electron chi connectivity index (χ2n) is 9.29. The lowest BCUT2D eigenvalue weighted by Gasteiger charge is -2.40. The highest BCUT2D eigenvalue weighted by atomic mass is 32.2. The van der Waals surface area contributed by atoms with E-state index in [-0.39, 0.29) is 27.8 Å². The maximum absolute atomic E-state index is 12.8. The van der Waals surface area contributed by atoms with Gasteiger partial charge in [-0.05, 0) is 35.3 Å². The van der Waals surface area contributed by atoms with Gasteiger partial charge in [0.2, 0.25) is 11.8 Å². The molecular weight excluding hydrogens is 377 g/mol. The standard InChI is InChI=1S/C24H36BNO2S/c1-6-7-8-9-10-11-16-29-20-17-21(27)26(22(20)28)19-14-12-18(13-15-19)23(2,3)24(4,5)25/h12-15,20H,6-11,16-17H2,1-5H3. The molecule has 0 saturated carbocycles. The number of hydrogen-bond acceptors (Lipinski definition) is 3. The molecule has 0 aromatic heterocycles. The van der Waals surface area contributed by atoms with Crippen LogP contribution in [0.1, 0.15) is 85.1 Å². The summed E-state index contributed by atoms with van der Waals surface area (Å²) in [4.78, 5) is 26.7. The van der Waals surface area contributed by atoms with E-state index in [0.717, 1.165) is 17.7 Å². The minimum absolute atomic E-state index is 0.0721. The predicted octanol–water partition coefficient (Wildman–Crippen LogP) is 6.06. The van der Waals surface area contributed by atoms with Gasteiger partial charge in [-0.15, -0.1) is 11.8 Å². The zero-order valence-electron chi connectivity index (χ0n) is 18.8. The average molecular weight is 413 g/mol. The minimum atomic E-state index is -0.383. The summed E-state index contributed by atoms with van der Waals surface area (Å²) in [6.07, 6.45) is 7.75. The van der Waals surface area contributed by atoms with Crippen LogP contribution in [0.15, 0.2) is 24.3 Å². The molecule has 1 aromatic carbocycles. The Morgan fingerprint density at radius 1 is 1.00 bits per heavy atom. The third-order valence-corrected chi connectivity index (χ3v) is 7.68. The van der Waals surface area contributed by atoms with Crippen molar-refractivity contribution < 1.29 is 9.59 Å². The molecule has 1 aromatic rings. The molecular formula is C24H36BNO2S. The molecule has 1 aliphatic heterocycles. The number of nitrogens with zero attached hydrogens (tertiary/aromatic N) is 1. The summed E-state index contributed by atoms with van der Waals surface area (Å²) >= 11 is 1.64. The Bertz CT molecular complexity index is 694. The van der Waals surface area contributed by atoms with E-state index < -0.39 is 0 Å². The predicted molar refractivity (Wildman–Crippen MR) is 126 cm³/mol. The lowest BCUT2D eigenvalue weighted by molar-refractivity contribution is -0.121. The van der Waals surface area contributed by atoms with Gasteiger partial charge in [0.25, 0.3) is 0 Å². The summed E-state index contributed by atoms with van der Waals surface area (Å²) in [5.74, 6) is 0.779. The largest absolute Gasteiger partial charge is 0.274 e. The summed E-state index contributed by atoms with van der Waals surface area (Å²) in [5, 5.41) is -0.622.